The molecular weight excluding hydrogens is 250 g/mol. The van der Waals surface area contributed by atoms with Crippen LogP contribution in [0.4, 0.5) is 11.4 Å². The van der Waals surface area contributed by atoms with E-state index in [9.17, 15) is 4.79 Å². The molecule has 4 nitrogen and oxygen atoms in total. The number of hydrogen-bond donors (Lipinski definition) is 2. The normalized spacial score (nSPS) is 19.1. The van der Waals surface area contributed by atoms with Crippen LogP contribution >= 0.6 is 0 Å². The molecule has 1 atom stereocenters. The molecule has 1 saturated heterocycles. The van der Waals surface area contributed by atoms with Crippen LogP contribution in [-0.4, -0.2) is 31.6 Å². The van der Waals surface area contributed by atoms with Crippen LogP contribution in [0.5, 0.6) is 0 Å². The summed E-state index contributed by atoms with van der Waals surface area (Å²) in [6.07, 6.45) is 2.65. The fraction of sp³-hybridized carbons (Fsp3) is 0.562. The van der Waals surface area contributed by atoms with Gasteiger partial charge in [-0.25, -0.2) is 0 Å². The van der Waals surface area contributed by atoms with Gasteiger partial charge in [0.25, 0.3) is 0 Å². The van der Waals surface area contributed by atoms with Gasteiger partial charge in [-0.3, -0.25) is 4.79 Å². The van der Waals surface area contributed by atoms with Crippen molar-refractivity contribution in [3.63, 3.8) is 0 Å². The first kappa shape index (κ1) is 14.7. The highest BCUT2D eigenvalue weighted by Gasteiger charge is 2.16. The lowest BCUT2D eigenvalue weighted by atomic mass is 10.1. The smallest absolute Gasteiger partial charge is 0.222 e. The van der Waals surface area contributed by atoms with Crippen molar-refractivity contribution in [2.45, 2.75) is 39.2 Å². The topological polar surface area (TPSA) is 44.4 Å². The average molecular weight is 275 g/mol. The molecule has 1 fully saturated rings. The maximum absolute atomic E-state index is 11.5. The van der Waals surface area contributed by atoms with Gasteiger partial charge in [-0.15, -0.1) is 0 Å². The molecule has 0 spiro atoms. The molecule has 4 heteroatoms. The van der Waals surface area contributed by atoms with Crippen LogP contribution in [0.15, 0.2) is 24.3 Å². The first-order valence-electron chi connectivity index (χ1n) is 7.61. The van der Waals surface area contributed by atoms with Gasteiger partial charge in [0.15, 0.2) is 0 Å². The zero-order valence-electron chi connectivity index (χ0n) is 12.5. The second-order valence-electron chi connectivity index (χ2n) is 5.26. The van der Waals surface area contributed by atoms with Gasteiger partial charge in [0.1, 0.15) is 0 Å². The minimum Gasteiger partial charge on any atom is -0.382 e. The van der Waals surface area contributed by atoms with Crippen LogP contribution in [0.2, 0.25) is 0 Å². The number of carbonyl (C=O) groups is 1. The number of nitrogens with one attached hydrogen (secondary N) is 2. The first-order chi connectivity index (χ1) is 9.72. The summed E-state index contributed by atoms with van der Waals surface area (Å²) < 4.78 is 0. The molecule has 1 amide bonds. The standard InChI is InChI=1S/C16H25N3O/c1-3-19(4-2)15-9-7-13(8-10-15)18-14-6-5-11-17-16(20)12-14/h7-10,14,18H,3-6,11-12H2,1-2H3,(H,17,20). The van der Waals surface area contributed by atoms with Crippen LogP contribution in [0, 0.1) is 0 Å². The summed E-state index contributed by atoms with van der Waals surface area (Å²) in [7, 11) is 0. The number of hydrogen-bond acceptors (Lipinski definition) is 3. The Hall–Kier alpha value is -1.71. The SMILES string of the molecule is CCN(CC)c1ccc(NC2CCCNC(=O)C2)cc1. The minimum atomic E-state index is 0.153. The van der Waals surface area contributed by atoms with E-state index in [1.165, 1.54) is 5.69 Å². The Labute approximate surface area is 121 Å². The Morgan fingerprint density at radius 2 is 1.95 bits per heavy atom. The third-order valence-electron chi connectivity index (χ3n) is 3.85. The molecule has 1 aromatic rings. The lowest BCUT2D eigenvalue weighted by Gasteiger charge is -2.22. The zero-order valence-corrected chi connectivity index (χ0v) is 12.5. The highest BCUT2D eigenvalue weighted by Crippen LogP contribution is 2.20. The van der Waals surface area contributed by atoms with E-state index in [2.05, 4.69) is 53.6 Å². The summed E-state index contributed by atoms with van der Waals surface area (Å²) in [6, 6.07) is 8.75. The molecule has 0 bridgehead atoms. The largest absolute Gasteiger partial charge is 0.382 e. The first-order valence-corrected chi connectivity index (χ1v) is 7.61. The Morgan fingerprint density at radius 3 is 2.60 bits per heavy atom. The van der Waals surface area contributed by atoms with Crippen molar-refractivity contribution >= 4 is 17.3 Å². The minimum absolute atomic E-state index is 0.153. The van der Waals surface area contributed by atoms with Crippen molar-refractivity contribution in [2.24, 2.45) is 0 Å². The van der Waals surface area contributed by atoms with Gasteiger partial charge in [-0.1, -0.05) is 0 Å². The van der Waals surface area contributed by atoms with E-state index < -0.39 is 0 Å². The predicted molar refractivity (Wildman–Crippen MR) is 84.3 cm³/mol. The summed E-state index contributed by atoms with van der Waals surface area (Å²) >= 11 is 0. The molecule has 2 rings (SSSR count). The second-order valence-corrected chi connectivity index (χ2v) is 5.26. The molecule has 0 saturated carbocycles. The summed E-state index contributed by atoms with van der Waals surface area (Å²) in [5.74, 6) is 0.153. The Bertz CT molecular complexity index is 426. The van der Waals surface area contributed by atoms with Crippen LogP contribution in [0.3, 0.4) is 0 Å². The average Bonchev–Trinajstić information content (AvgIpc) is 2.66. The number of benzene rings is 1. The van der Waals surface area contributed by atoms with Gasteiger partial charge < -0.3 is 15.5 Å². The molecule has 1 heterocycles. The van der Waals surface area contributed by atoms with Crippen molar-refractivity contribution in [2.75, 3.05) is 29.9 Å². The van der Waals surface area contributed by atoms with Crippen molar-refractivity contribution in [3.05, 3.63) is 24.3 Å². The van der Waals surface area contributed by atoms with Gasteiger partial charge >= 0.3 is 0 Å². The van der Waals surface area contributed by atoms with Crippen molar-refractivity contribution in [1.29, 1.82) is 0 Å². The van der Waals surface area contributed by atoms with Crippen LogP contribution in [0.25, 0.3) is 0 Å². The van der Waals surface area contributed by atoms with Gasteiger partial charge in [-0.05, 0) is 51.0 Å². The summed E-state index contributed by atoms with van der Waals surface area (Å²) in [5, 5.41) is 6.39. The molecule has 0 radical (unpaired) electrons. The molecule has 1 aromatic carbocycles. The fourth-order valence-corrected chi connectivity index (χ4v) is 2.69. The predicted octanol–water partition coefficient (Wildman–Crippen LogP) is 2.61. The summed E-state index contributed by atoms with van der Waals surface area (Å²) in [6.45, 7) is 7.18. The fourth-order valence-electron chi connectivity index (χ4n) is 2.69. The van der Waals surface area contributed by atoms with Gasteiger partial charge in [0.05, 0.1) is 0 Å². The van der Waals surface area contributed by atoms with Crippen molar-refractivity contribution < 1.29 is 4.79 Å². The highest BCUT2D eigenvalue weighted by molar-refractivity contribution is 5.77. The Morgan fingerprint density at radius 1 is 1.25 bits per heavy atom. The number of anilines is 2. The molecule has 1 aliphatic heterocycles. The third kappa shape index (κ3) is 3.89. The molecular formula is C16H25N3O. The van der Waals surface area contributed by atoms with Crippen molar-refractivity contribution in [3.8, 4) is 0 Å². The molecule has 0 aromatic heterocycles. The van der Waals surface area contributed by atoms with E-state index in [4.69, 9.17) is 0 Å². The van der Waals surface area contributed by atoms with Crippen molar-refractivity contribution in [1.82, 2.24) is 5.32 Å². The number of rotatable bonds is 5. The van der Waals surface area contributed by atoms with Crippen LogP contribution < -0.4 is 15.5 Å². The van der Waals surface area contributed by atoms with Gasteiger partial charge in [-0.2, -0.15) is 0 Å². The quantitative estimate of drug-likeness (QED) is 0.868. The third-order valence-corrected chi connectivity index (χ3v) is 3.85. The number of amides is 1. The Balaban J connectivity index is 1.97. The Kier molecular flexibility index (Phi) is 5.27. The number of nitrogens with zero attached hydrogens (tertiary/aromatic N) is 1. The molecule has 0 aliphatic carbocycles. The van der Waals surface area contributed by atoms with Crippen LogP contribution in [-0.2, 0) is 4.79 Å². The maximum atomic E-state index is 11.5. The lowest BCUT2D eigenvalue weighted by molar-refractivity contribution is -0.120. The van der Waals surface area contributed by atoms with E-state index in [0.29, 0.717) is 6.42 Å². The molecule has 1 aliphatic rings. The molecule has 20 heavy (non-hydrogen) atoms. The van der Waals surface area contributed by atoms with Gasteiger partial charge in [0, 0.05) is 43.5 Å². The van der Waals surface area contributed by atoms with E-state index in [-0.39, 0.29) is 11.9 Å². The highest BCUT2D eigenvalue weighted by atomic mass is 16.1. The lowest BCUT2D eigenvalue weighted by Crippen LogP contribution is -2.26. The van der Waals surface area contributed by atoms with Crippen LogP contribution in [0.1, 0.15) is 33.1 Å². The number of carbonyl (C=O) groups excluding carboxylic acids is 1. The van der Waals surface area contributed by atoms with E-state index in [1.807, 2.05) is 0 Å². The molecule has 1 unspecified atom stereocenters. The monoisotopic (exact) mass is 275 g/mol. The molecule has 110 valence electrons. The zero-order chi connectivity index (χ0) is 14.4. The second kappa shape index (κ2) is 7.17. The van der Waals surface area contributed by atoms with Gasteiger partial charge in [0.2, 0.25) is 5.91 Å². The van der Waals surface area contributed by atoms with E-state index >= 15 is 0 Å². The van der Waals surface area contributed by atoms with E-state index in [1.54, 1.807) is 0 Å². The molecule has 2 N–H and O–H groups in total. The maximum Gasteiger partial charge on any atom is 0.222 e. The van der Waals surface area contributed by atoms with E-state index in [0.717, 1.165) is 38.2 Å². The summed E-state index contributed by atoms with van der Waals surface area (Å²) in [4.78, 5) is 13.9. The summed E-state index contributed by atoms with van der Waals surface area (Å²) in [5.41, 5.74) is 2.35.